The molecule has 2 aromatic heterocycles. The fraction of sp³-hybridized carbons (Fsp3) is 0.286. The second kappa shape index (κ2) is 10.5. The van der Waals surface area contributed by atoms with Gasteiger partial charge in [0, 0.05) is 24.7 Å². The van der Waals surface area contributed by atoms with Crippen molar-refractivity contribution < 1.29 is 21.4 Å². The third-order valence-electron chi connectivity index (χ3n) is 5.09. The number of benzene rings is 1. The van der Waals surface area contributed by atoms with Crippen molar-refractivity contribution in [2.45, 2.75) is 19.3 Å². The van der Waals surface area contributed by atoms with Crippen LogP contribution < -0.4 is 27.1 Å². The van der Waals surface area contributed by atoms with Crippen LogP contribution in [0.15, 0.2) is 65.1 Å². The van der Waals surface area contributed by atoms with E-state index >= 15 is 0 Å². The molecule has 8 heteroatoms. The number of imidazole rings is 1. The molecule has 1 aliphatic heterocycles. The van der Waals surface area contributed by atoms with Crippen LogP contribution in [0, 0.1) is 0 Å². The predicted octanol–water partition coefficient (Wildman–Crippen LogP) is 0.147. The first-order valence-electron chi connectivity index (χ1n) is 9.40. The molecule has 1 fully saturated rings. The summed E-state index contributed by atoms with van der Waals surface area (Å²) in [4.78, 5) is 2.10. The maximum absolute atomic E-state index is 6.02. The minimum atomic E-state index is 0. The second-order valence-corrected chi connectivity index (χ2v) is 6.91. The van der Waals surface area contributed by atoms with Gasteiger partial charge in [0.25, 0.3) is 5.65 Å². The lowest BCUT2D eigenvalue weighted by molar-refractivity contribution is -0.510. The fourth-order valence-electron chi connectivity index (χ4n) is 3.53. The van der Waals surface area contributed by atoms with Crippen LogP contribution in [0.25, 0.3) is 16.9 Å². The second-order valence-electron chi connectivity index (χ2n) is 6.91. The Morgan fingerprint density at radius 3 is 2.48 bits per heavy atom. The van der Waals surface area contributed by atoms with Crippen LogP contribution in [0.1, 0.15) is 24.8 Å². The lowest BCUT2D eigenvalue weighted by Gasteiger charge is -2.26. The standard InChI is InChI=1S/C21H25N6.2BrH/c1-25-19(16-27-14-6-3-7-20(25)27)18-10-8-17(9-11-18)15-23-24-21(22)26-12-4-2-5-13-26;;/h3,6-11,14-16H,2,4-5,12-13H2,1H3,(H2,22,24);2*1H/q+1;;/p-1/b23-15+;;. The van der Waals surface area contributed by atoms with Gasteiger partial charge in [0.1, 0.15) is 6.20 Å². The van der Waals surface area contributed by atoms with Crippen molar-refractivity contribution in [2.24, 2.45) is 23.0 Å². The van der Waals surface area contributed by atoms with Gasteiger partial charge in [-0.1, -0.05) is 18.2 Å². The normalized spacial score (nSPS) is 14.7. The highest BCUT2D eigenvalue weighted by Gasteiger charge is 2.15. The van der Waals surface area contributed by atoms with Crippen LogP contribution in [-0.4, -0.2) is 34.7 Å². The summed E-state index contributed by atoms with van der Waals surface area (Å²) in [6, 6.07) is 14.5. The molecular weight excluding hydrogens is 496 g/mol. The van der Waals surface area contributed by atoms with Crippen molar-refractivity contribution in [1.82, 2.24) is 9.47 Å². The molecule has 4 rings (SSSR count). The number of aromatic nitrogens is 2. The number of piperidine rings is 1. The van der Waals surface area contributed by atoms with Gasteiger partial charge < -0.3 is 27.6 Å². The molecule has 1 saturated heterocycles. The molecular formula is C21H26Br2N6. The number of pyridine rings is 1. The minimum Gasteiger partial charge on any atom is -1.00 e. The first-order chi connectivity index (χ1) is 13.2. The van der Waals surface area contributed by atoms with E-state index in [1.165, 1.54) is 19.3 Å². The Hall–Kier alpha value is -2.19. The van der Waals surface area contributed by atoms with Crippen molar-refractivity contribution >= 4 is 34.8 Å². The van der Waals surface area contributed by atoms with Crippen LogP contribution >= 0.6 is 17.0 Å². The fourth-order valence-corrected chi connectivity index (χ4v) is 3.53. The molecule has 0 aliphatic carbocycles. The molecule has 1 aromatic carbocycles. The maximum Gasteiger partial charge on any atom is 0.286 e. The predicted molar refractivity (Wildman–Crippen MR) is 119 cm³/mol. The molecule has 3 heterocycles. The SMILES string of the molecule is Br.Cn1c(-c2ccc(/C=N/N=C(\N)N3CCCCC3)cc2)c[n+]2ccccc12.[Br-]. The topological polar surface area (TPSA) is 63.0 Å². The van der Waals surface area contributed by atoms with E-state index in [9.17, 15) is 0 Å². The van der Waals surface area contributed by atoms with Crippen molar-refractivity contribution in [3.8, 4) is 11.3 Å². The quantitative estimate of drug-likeness (QED) is 0.231. The molecule has 0 bridgehead atoms. The number of fused-ring (bicyclic) bond motifs is 1. The molecule has 1 aliphatic rings. The first kappa shape index (κ1) is 23.1. The average Bonchev–Trinajstić information content (AvgIpc) is 3.06. The highest BCUT2D eigenvalue weighted by atomic mass is 79.9. The summed E-state index contributed by atoms with van der Waals surface area (Å²) in [6.07, 6.45) is 9.57. The summed E-state index contributed by atoms with van der Waals surface area (Å²) in [5.74, 6) is 0.509. The van der Waals surface area contributed by atoms with Gasteiger partial charge in [-0.3, -0.25) is 0 Å². The molecule has 0 atom stereocenters. The molecule has 0 radical (unpaired) electrons. The van der Waals surface area contributed by atoms with Crippen LogP contribution in [-0.2, 0) is 7.05 Å². The molecule has 29 heavy (non-hydrogen) atoms. The van der Waals surface area contributed by atoms with Gasteiger partial charge >= 0.3 is 0 Å². The number of nitrogens with two attached hydrogens (primary N) is 1. The van der Waals surface area contributed by atoms with Gasteiger partial charge in [-0.2, -0.15) is 5.10 Å². The molecule has 0 unspecified atom stereocenters. The molecule has 6 nitrogen and oxygen atoms in total. The smallest absolute Gasteiger partial charge is 0.286 e. The number of halogens is 2. The zero-order valence-corrected chi connectivity index (χ0v) is 19.7. The van der Waals surface area contributed by atoms with Gasteiger partial charge in [0.05, 0.1) is 19.5 Å². The Balaban J connectivity index is 0.00000150. The lowest BCUT2D eigenvalue weighted by Crippen LogP contribution is -3.00. The number of rotatable bonds is 3. The Labute approximate surface area is 192 Å². The Morgan fingerprint density at radius 1 is 1.07 bits per heavy atom. The third-order valence-corrected chi connectivity index (χ3v) is 5.09. The van der Waals surface area contributed by atoms with Gasteiger partial charge in [0.15, 0.2) is 5.69 Å². The number of nitrogens with zero attached hydrogens (tertiary/aromatic N) is 5. The summed E-state index contributed by atoms with van der Waals surface area (Å²) in [5.41, 5.74) is 10.5. The van der Waals surface area contributed by atoms with E-state index in [2.05, 4.69) is 67.8 Å². The number of aryl methyl sites for hydroxylation is 1. The number of hydrogen-bond donors (Lipinski definition) is 1. The Kier molecular flexibility index (Phi) is 8.40. The summed E-state index contributed by atoms with van der Waals surface area (Å²) in [6.45, 7) is 1.95. The highest BCUT2D eigenvalue weighted by molar-refractivity contribution is 8.93. The zero-order chi connectivity index (χ0) is 18.6. The van der Waals surface area contributed by atoms with E-state index in [0.29, 0.717) is 5.96 Å². The minimum absolute atomic E-state index is 0. The summed E-state index contributed by atoms with van der Waals surface area (Å²) in [5, 5.41) is 8.31. The van der Waals surface area contributed by atoms with Crippen LogP contribution in [0.2, 0.25) is 0 Å². The van der Waals surface area contributed by atoms with Crippen molar-refractivity contribution in [3.05, 3.63) is 60.4 Å². The highest BCUT2D eigenvalue weighted by Crippen LogP contribution is 2.19. The molecule has 3 aromatic rings. The van der Waals surface area contributed by atoms with Gasteiger partial charge in [-0.25, -0.2) is 8.97 Å². The maximum atomic E-state index is 6.02. The molecule has 0 spiro atoms. The van der Waals surface area contributed by atoms with E-state index in [1.54, 1.807) is 6.21 Å². The largest absolute Gasteiger partial charge is 1.00 e. The molecule has 154 valence electrons. The van der Waals surface area contributed by atoms with Crippen LogP contribution in [0.3, 0.4) is 0 Å². The van der Waals surface area contributed by atoms with E-state index in [-0.39, 0.29) is 34.0 Å². The summed E-state index contributed by atoms with van der Waals surface area (Å²) < 4.78 is 4.31. The summed E-state index contributed by atoms with van der Waals surface area (Å²) in [7, 11) is 2.08. The number of hydrogen-bond acceptors (Lipinski definition) is 2. The Bertz CT molecular complexity index is 988. The Morgan fingerprint density at radius 2 is 1.79 bits per heavy atom. The van der Waals surface area contributed by atoms with Gasteiger partial charge in [-0.05, 0) is 43.0 Å². The monoisotopic (exact) mass is 520 g/mol. The number of likely N-dealkylation sites (tertiary alicyclic amines) is 1. The van der Waals surface area contributed by atoms with Crippen molar-refractivity contribution in [2.75, 3.05) is 13.1 Å². The van der Waals surface area contributed by atoms with E-state index in [4.69, 9.17) is 5.73 Å². The molecule has 0 amide bonds. The molecule has 2 N–H and O–H groups in total. The number of guanidine groups is 1. The van der Waals surface area contributed by atoms with E-state index in [1.807, 2.05) is 18.2 Å². The zero-order valence-electron chi connectivity index (χ0n) is 16.4. The van der Waals surface area contributed by atoms with Crippen LogP contribution in [0.5, 0.6) is 0 Å². The first-order valence-corrected chi connectivity index (χ1v) is 9.40. The van der Waals surface area contributed by atoms with E-state index in [0.717, 1.165) is 35.6 Å². The molecule has 0 saturated carbocycles. The van der Waals surface area contributed by atoms with Gasteiger partial charge in [-0.15, -0.1) is 22.1 Å². The average molecular weight is 522 g/mol. The van der Waals surface area contributed by atoms with Crippen LogP contribution in [0.4, 0.5) is 0 Å². The van der Waals surface area contributed by atoms with Crippen molar-refractivity contribution in [3.63, 3.8) is 0 Å². The lowest BCUT2D eigenvalue weighted by atomic mass is 10.1. The van der Waals surface area contributed by atoms with Gasteiger partial charge in [0.2, 0.25) is 5.96 Å². The third kappa shape index (κ3) is 5.25. The van der Waals surface area contributed by atoms with Crippen molar-refractivity contribution in [1.29, 1.82) is 0 Å². The van der Waals surface area contributed by atoms with E-state index < -0.39 is 0 Å². The summed E-state index contributed by atoms with van der Waals surface area (Å²) >= 11 is 0.